The van der Waals surface area contributed by atoms with E-state index < -0.39 is 0 Å². The summed E-state index contributed by atoms with van der Waals surface area (Å²) in [4.78, 5) is 22.7. The normalized spacial score (nSPS) is 14.1. The largest absolute Gasteiger partial charge is 0.356 e. The highest BCUT2D eigenvalue weighted by Gasteiger charge is 2.14. The molecule has 1 fully saturated rings. The molecule has 0 radical (unpaired) electrons. The molecule has 0 unspecified atom stereocenters. The average molecular weight is 296 g/mol. The number of aryl methyl sites for hydroxylation is 1. The van der Waals surface area contributed by atoms with Crippen molar-refractivity contribution >= 4 is 17.5 Å². The van der Waals surface area contributed by atoms with Gasteiger partial charge in [-0.15, -0.1) is 0 Å². The highest BCUT2D eigenvalue weighted by Crippen LogP contribution is 2.19. The van der Waals surface area contributed by atoms with Gasteiger partial charge in [0, 0.05) is 25.6 Å². The summed E-state index contributed by atoms with van der Waals surface area (Å²) >= 11 is 0. The summed E-state index contributed by atoms with van der Waals surface area (Å²) in [5.41, 5.74) is 1.16. The lowest BCUT2D eigenvalue weighted by Gasteiger charge is -2.16. The van der Waals surface area contributed by atoms with Crippen LogP contribution in [0.25, 0.3) is 0 Å². The number of nitrogens with zero attached hydrogens (tertiary/aromatic N) is 3. The van der Waals surface area contributed by atoms with Crippen LogP contribution in [0.15, 0.2) is 42.7 Å². The van der Waals surface area contributed by atoms with Crippen LogP contribution in [0.3, 0.4) is 0 Å². The van der Waals surface area contributed by atoms with Crippen LogP contribution in [-0.2, 0) is 11.2 Å². The minimum Gasteiger partial charge on any atom is -0.356 e. The van der Waals surface area contributed by atoms with E-state index in [1.165, 1.54) is 19.2 Å². The molecule has 1 amide bonds. The van der Waals surface area contributed by atoms with E-state index in [0.717, 1.165) is 30.9 Å². The van der Waals surface area contributed by atoms with Crippen LogP contribution in [0.5, 0.6) is 0 Å². The highest BCUT2D eigenvalue weighted by molar-refractivity contribution is 5.90. The summed E-state index contributed by atoms with van der Waals surface area (Å²) in [5, 5.41) is 2.86. The number of carbonyl (C=O) groups is 1. The third-order valence-electron chi connectivity index (χ3n) is 3.83. The molecule has 0 saturated carbocycles. The molecule has 0 spiro atoms. The second kappa shape index (κ2) is 7.02. The van der Waals surface area contributed by atoms with E-state index in [1.54, 1.807) is 0 Å². The minimum absolute atomic E-state index is 0.0186. The number of hydrogen-bond acceptors (Lipinski definition) is 4. The monoisotopic (exact) mass is 296 g/mol. The van der Waals surface area contributed by atoms with Crippen molar-refractivity contribution in [1.82, 2.24) is 9.97 Å². The molecule has 1 aliphatic heterocycles. The van der Waals surface area contributed by atoms with Gasteiger partial charge in [-0.2, -0.15) is 0 Å². The number of anilines is 2. The summed E-state index contributed by atoms with van der Waals surface area (Å²) in [5.74, 6) is 1.45. The molecule has 3 rings (SSSR count). The minimum atomic E-state index is -0.0186. The number of rotatable bonds is 5. The summed E-state index contributed by atoms with van der Waals surface area (Å²) in [6.45, 7) is 2.05. The number of nitrogens with one attached hydrogen (secondary N) is 1. The Kier molecular flexibility index (Phi) is 4.63. The van der Waals surface area contributed by atoms with Gasteiger partial charge >= 0.3 is 0 Å². The first kappa shape index (κ1) is 14.5. The van der Waals surface area contributed by atoms with Gasteiger partial charge in [0.1, 0.15) is 18.0 Å². The summed E-state index contributed by atoms with van der Waals surface area (Å²) in [7, 11) is 0. The van der Waals surface area contributed by atoms with Crippen molar-refractivity contribution in [2.75, 3.05) is 23.3 Å². The Bertz CT molecular complexity index is 624. The Labute approximate surface area is 130 Å². The van der Waals surface area contributed by atoms with Gasteiger partial charge in [-0.3, -0.25) is 4.79 Å². The number of benzene rings is 1. The van der Waals surface area contributed by atoms with Crippen molar-refractivity contribution in [3.05, 3.63) is 48.3 Å². The molecule has 2 heterocycles. The smallest absolute Gasteiger partial charge is 0.225 e. The fraction of sp³-hybridized carbons (Fsp3) is 0.353. The van der Waals surface area contributed by atoms with Crippen molar-refractivity contribution in [2.24, 2.45) is 0 Å². The second-order valence-corrected chi connectivity index (χ2v) is 5.49. The van der Waals surface area contributed by atoms with Crippen molar-refractivity contribution in [3.63, 3.8) is 0 Å². The molecule has 0 aliphatic carbocycles. The van der Waals surface area contributed by atoms with Crippen LogP contribution in [0.4, 0.5) is 11.6 Å². The molecule has 22 heavy (non-hydrogen) atoms. The molecule has 1 aliphatic rings. The van der Waals surface area contributed by atoms with Crippen LogP contribution in [0, 0.1) is 0 Å². The van der Waals surface area contributed by atoms with Crippen LogP contribution in [-0.4, -0.2) is 29.0 Å². The quantitative estimate of drug-likeness (QED) is 0.921. The van der Waals surface area contributed by atoms with Gasteiger partial charge in [0.15, 0.2) is 0 Å². The highest BCUT2D eigenvalue weighted by atomic mass is 16.1. The molecule has 1 N–H and O–H groups in total. The van der Waals surface area contributed by atoms with Gasteiger partial charge in [-0.25, -0.2) is 9.97 Å². The van der Waals surface area contributed by atoms with Crippen LogP contribution in [0.1, 0.15) is 24.8 Å². The maximum Gasteiger partial charge on any atom is 0.225 e. The van der Waals surface area contributed by atoms with Gasteiger partial charge in [0.2, 0.25) is 5.91 Å². The molecule has 5 nitrogen and oxygen atoms in total. The Hall–Kier alpha value is -2.43. The average Bonchev–Trinajstić information content (AvgIpc) is 3.09. The Morgan fingerprint density at radius 2 is 1.91 bits per heavy atom. The summed E-state index contributed by atoms with van der Waals surface area (Å²) in [6, 6.07) is 11.9. The number of amides is 1. The van der Waals surface area contributed by atoms with E-state index in [2.05, 4.69) is 20.2 Å². The van der Waals surface area contributed by atoms with Gasteiger partial charge in [0.25, 0.3) is 0 Å². The molecule has 1 aromatic carbocycles. The van der Waals surface area contributed by atoms with E-state index in [-0.39, 0.29) is 5.91 Å². The predicted molar refractivity (Wildman–Crippen MR) is 86.9 cm³/mol. The van der Waals surface area contributed by atoms with E-state index in [4.69, 9.17) is 0 Å². The van der Waals surface area contributed by atoms with Gasteiger partial charge < -0.3 is 10.2 Å². The molecule has 0 atom stereocenters. The molecular weight excluding hydrogens is 276 g/mol. The fourth-order valence-corrected chi connectivity index (χ4v) is 2.64. The van der Waals surface area contributed by atoms with Crippen LogP contribution >= 0.6 is 0 Å². The third kappa shape index (κ3) is 3.81. The van der Waals surface area contributed by atoms with Crippen molar-refractivity contribution in [1.29, 1.82) is 0 Å². The standard InChI is InChI=1S/C17H20N4O/c22-17(9-8-14-6-2-1-3-7-14)20-15-12-16(19-13-18-15)21-10-4-5-11-21/h1-3,6-7,12-13H,4-5,8-11H2,(H,18,19,20,22). The molecule has 1 saturated heterocycles. The molecule has 0 bridgehead atoms. The van der Waals surface area contributed by atoms with E-state index in [0.29, 0.717) is 12.2 Å². The Morgan fingerprint density at radius 3 is 2.68 bits per heavy atom. The van der Waals surface area contributed by atoms with Gasteiger partial charge in [-0.05, 0) is 24.8 Å². The first-order valence-electron chi connectivity index (χ1n) is 7.72. The second-order valence-electron chi connectivity index (χ2n) is 5.49. The van der Waals surface area contributed by atoms with E-state index >= 15 is 0 Å². The maximum atomic E-state index is 12.0. The lowest BCUT2D eigenvalue weighted by molar-refractivity contribution is -0.116. The van der Waals surface area contributed by atoms with Crippen LogP contribution in [0.2, 0.25) is 0 Å². The van der Waals surface area contributed by atoms with Crippen molar-refractivity contribution in [2.45, 2.75) is 25.7 Å². The lowest BCUT2D eigenvalue weighted by atomic mass is 10.1. The molecular formula is C17H20N4O. The SMILES string of the molecule is O=C(CCc1ccccc1)Nc1cc(N2CCCC2)ncn1. The molecule has 2 aromatic rings. The Morgan fingerprint density at radius 1 is 1.14 bits per heavy atom. The first-order valence-corrected chi connectivity index (χ1v) is 7.72. The number of hydrogen-bond donors (Lipinski definition) is 1. The van der Waals surface area contributed by atoms with Crippen LogP contribution < -0.4 is 10.2 Å². The van der Waals surface area contributed by atoms with E-state index in [1.807, 2.05) is 36.4 Å². The van der Waals surface area contributed by atoms with Gasteiger partial charge in [-0.1, -0.05) is 30.3 Å². The van der Waals surface area contributed by atoms with Crippen molar-refractivity contribution in [3.8, 4) is 0 Å². The summed E-state index contributed by atoms with van der Waals surface area (Å²) in [6.07, 6.45) is 5.09. The Balaban J connectivity index is 1.56. The number of carbonyl (C=O) groups excluding carboxylic acids is 1. The predicted octanol–water partition coefficient (Wildman–Crippen LogP) is 2.65. The zero-order valence-electron chi connectivity index (χ0n) is 12.5. The first-order chi connectivity index (χ1) is 10.8. The molecule has 114 valence electrons. The summed E-state index contributed by atoms with van der Waals surface area (Å²) < 4.78 is 0. The van der Waals surface area contributed by atoms with Gasteiger partial charge in [0.05, 0.1) is 0 Å². The topological polar surface area (TPSA) is 58.1 Å². The van der Waals surface area contributed by atoms with Crippen molar-refractivity contribution < 1.29 is 4.79 Å². The lowest BCUT2D eigenvalue weighted by Crippen LogP contribution is -2.20. The third-order valence-corrected chi connectivity index (χ3v) is 3.83. The molecule has 5 heteroatoms. The number of aromatic nitrogens is 2. The fourth-order valence-electron chi connectivity index (χ4n) is 2.64. The maximum absolute atomic E-state index is 12.0. The zero-order valence-corrected chi connectivity index (χ0v) is 12.5. The zero-order chi connectivity index (χ0) is 15.2. The molecule has 1 aromatic heterocycles. The van der Waals surface area contributed by atoms with E-state index in [9.17, 15) is 4.79 Å².